The lowest BCUT2D eigenvalue weighted by molar-refractivity contribution is 0.172. The molecule has 1 aromatic heterocycles. The molecule has 108 valence electrons. The van der Waals surface area contributed by atoms with E-state index in [0.29, 0.717) is 0 Å². The highest BCUT2D eigenvalue weighted by atomic mass is 79.9. The molecule has 0 bridgehead atoms. The Balaban J connectivity index is 1.97. The molecule has 1 aliphatic carbocycles. The van der Waals surface area contributed by atoms with E-state index in [1.54, 1.807) is 4.88 Å². The fourth-order valence-electron chi connectivity index (χ4n) is 3.36. The van der Waals surface area contributed by atoms with E-state index in [9.17, 15) is 0 Å². The molecule has 1 fully saturated rings. The Labute approximate surface area is 130 Å². The minimum absolute atomic E-state index is 0.878. The lowest BCUT2D eigenvalue weighted by Crippen LogP contribution is -2.34. The quantitative estimate of drug-likeness (QED) is 0.757. The maximum Gasteiger partial charge on any atom is 0.0285 e. The molecule has 0 aliphatic heterocycles. The van der Waals surface area contributed by atoms with Crippen LogP contribution < -0.4 is 5.32 Å². The molecule has 2 rings (SSSR count). The first-order chi connectivity index (χ1) is 9.22. The van der Waals surface area contributed by atoms with Gasteiger partial charge in [-0.1, -0.05) is 26.7 Å². The van der Waals surface area contributed by atoms with E-state index in [1.165, 1.54) is 43.1 Å². The number of halogens is 1. The third kappa shape index (κ3) is 4.57. The summed E-state index contributed by atoms with van der Waals surface area (Å²) in [5, 5.41) is 5.78. The molecule has 1 N–H and O–H groups in total. The van der Waals surface area contributed by atoms with Crippen LogP contribution in [0, 0.1) is 17.8 Å². The summed E-state index contributed by atoms with van der Waals surface area (Å²) in [5.41, 5.74) is 0. The van der Waals surface area contributed by atoms with Crippen molar-refractivity contribution in [3.63, 3.8) is 0 Å². The van der Waals surface area contributed by atoms with Crippen molar-refractivity contribution in [3.8, 4) is 0 Å². The highest BCUT2D eigenvalue weighted by Crippen LogP contribution is 2.38. The Hall–Kier alpha value is 0.140. The van der Waals surface area contributed by atoms with Crippen molar-refractivity contribution >= 4 is 27.3 Å². The van der Waals surface area contributed by atoms with Crippen molar-refractivity contribution in [1.82, 2.24) is 5.32 Å². The Morgan fingerprint density at radius 3 is 2.79 bits per heavy atom. The van der Waals surface area contributed by atoms with Crippen molar-refractivity contribution < 1.29 is 0 Å². The molecule has 1 aromatic rings. The average molecular weight is 344 g/mol. The summed E-state index contributed by atoms with van der Waals surface area (Å²) in [4.78, 5) is 1.55. The Morgan fingerprint density at radius 1 is 1.32 bits per heavy atom. The standard InChI is InChI=1S/C16H26BrNS/c1-3-12-5-6-13(10-18-4-2)14(7-12)8-16-9-15(17)11-19-16/h9,11-14,18H,3-8,10H2,1-2H3. The second kappa shape index (κ2) is 7.80. The van der Waals surface area contributed by atoms with Crippen LogP contribution >= 0.6 is 27.3 Å². The summed E-state index contributed by atoms with van der Waals surface area (Å²) in [6.07, 6.45) is 6.93. The maximum atomic E-state index is 3.58. The van der Waals surface area contributed by atoms with Crippen LogP contribution in [0.4, 0.5) is 0 Å². The largest absolute Gasteiger partial charge is 0.317 e. The molecule has 3 atom stereocenters. The molecule has 3 unspecified atom stereocenters. The number of hydrogen-bond acceptors (Lipinski definition) is 2. The van der Waals surface area contributed by atoms with Crippen LogP contribution in [0.25, 0.3) is 0 Å². The Kier molecular flexibility index (Phi) is 6.37. The van der Waals surface area contributed by atoms with Crippen molar-refractivity contribution in [2.24, 2.45) is 17.8 Å². The molecule has 0 aromatic carbocycles. The van der Waals surface area contributed by atoms with Gasteiger partial charge in [-0.2, -0.15) is 0 Å². The van der Waals surface area contributed by atoms with Gasteiger partial charge in [0.2, 0.25) is 0 Å². The summed E-state index contributed by atoms with van der Waals surface area (Å²) in [5.74, 6) is 2.72. The molecule has 1 heterocycles. The number of thiophene rings is 1. The van der Waals surface area contributed by atoms with E-state index >= 15 is 0 Å². The molecular formula is C16H26BrNS. The first kappa shape index (κ1) is 15.5. The molecule has 1 nitrogen and oxygen atoms in total. The van der Waals surface area contributed by atoms with Crippen molar-refractivity contribution in [3.05, 3.63) is 20.8 Å². The summed E-state index contributed by atoms with van der Waals surface area (Å²) < 4.78 is 1.25. The number of rotatable bonds is 6. The smallest absolute Gasteiger partial charge is 0.0285 e. The zero-order chi connectivity index (χ0) is 13.7. The third-order valence-corrected chi connectivity index (χ3v) is 6.29. The first-order valence-electron chi connectivity index (χ1n) is 7.66. The van der Waals surface area contributed by atoms with Gasteiger partial charge in [-0.3, -0.25) is 0 Å². The van der Waals surface area contributed by atoms with Crippen LogP contribution in [0.1, 0.15) is 44.4 Å². The van der Waals surface area contributed by atoms with Crippen LogP contribution in [-0.2, 0) is 6.42 Å². The molecule has 19 heavy (non-hydrogen) atoms. The molecule has 3 heteroatoms. The van der Waals surface area contributed by atoms with Gasteiger partial charge in [-0.15, -0.1) is 11.3 Å². The first-order valence-corrected chi connectivity index (χ1v) is 9.33. The van der Waals surface area contributed by atoms with Crippen LogP contribution in [0.2, 0.25) is 0 Å². The van der Waals surface area contributed by atoms with Gasteiger partial charge in [0, 0.05) is 14.7 Å². The predicted octanol–water partition coefficient (Wildman–Crippen LogP) is 5.11. The van der Waals surface area contributed by atoms with Gasteiger partial charge in [-0.05, 0) is 72.1 Å². The SMILES string of the molecule is CCNCC1CCC(CC)CC1Cc1cc(Br)cs1. The fourth-order valence-corrected chi connectivity index (χ4v) is 4.91. The molecule has 0 saturated heterocycles. The minimum Gasteiger partial charge on any atom is -0.317 e. The lowest BCUT2D eigenvalue weighted by Gasteiger charge is -2.36. The van der Waals surface area contributed by atoms with Gasteiger partial charge in [-0.25, -0.2) is 0 Å². The van der Waals surface area contributed by atoms with Crippen LogP contribution in [0.3, 0.4) is 0 Å². The Bertz CT molecular complexity index is 377. The minimum atomic E-state index is 0.878. The summed E-state index contributed by atoms with van der Waals surface area (Å²) >= 11 is 5.49. The van der Waals surface area contributed by atoms with E-state index < -0.39 is 0 Å². The van der Waals surface area contributed by atoms with Crippen molar-refractivity contribution in [2.45, 2.75) is 46.0 Å². The van der Waals surface area contributed by atoms with Gasteiger partial charge < -0.3 is 5.32 Å². The molecular weight excluding hydrogens is 318 g/mol. The molecule has 0 radical (unpaired) electrons. The normalized spacial score (nSPS) is 27.6. The molecule has 0 amide bonds. The lowest BCUT2D eigenvalue weighted by atomic mass is 9.71. The van der Waals surface area contributed by atoms with Gasteiger partial charge in [0.25, 0.3) is 0 Å². The van der Waals surface area contributed by atoms with Gasteiger partial charge in [0.1, 0.15) is 0 Å². The van der Waals surface area contributed by atoms with E-state index in [4.69, 9.17) is 0 Å². The predicted molar refractivity (Wildman–Crippen MR) is 88.9 cm³/mol. The molecule has 0 spiro atoms. The van der Waals surface area contributed by atoms with E-state index in [2.05, 4.69) is 46.5 Å². The second-order valence-electron chi connectivity index (χ2n) is 5.85. The highest BCUT2D eigenvalue weighted by molar-refractivity contribution is 9.10. The van der Waals surface area contributed by atoms with Crippen molar-refractivity contribution in [2.75, 3.05) is 13.1 Å². The molecule has 1 saturated carbocycles. The topological polar surface area (TPSA) is 12.0 Å². The number of hydrogen-bond donors (Lipinski definition) is 1. The molecule has 1 aliphatic rings. The van der Waals surface area contributed by atoms with Gasteiger partial charge in [0.05, 0.1) is 0 Å². The van der Waals surface area contributed by atoms with Crippen LogP contribution in [-0.4, -0.2) is 13.1 Å². The second-order valence-corrected chi connectivity index (χ2v) is 7.76. The van der Waals surface area contributed by atoms with Gasteiger partial charge in [0.15, 0.2) is 0 Å². The monoisotopic (exact) mass is 343 g/mol. The summed E-state index contributed by atoms with van der Waals surface area (Å²) in [6, 6.07) is 2.31. The third-order valence-electron chi connectivity index (χ3n) is 4.57. The van der Waals surface area contributed by atoms with E-state index in [0.717, 1.165) is 24.3 Å². The van der Waals surface area contributed by atoms with Crippen molar-refractivity contribution in [1.29, 1.82) is 0 Å². The maximum absolute atomic E-state index is 3.58. The summed E-state index contributed by atoms with van der Waals surface area (Å²) in [6.45, 7) is 6.88. The van der Waals surface area contributed by atoms with E-state index in [-0.39, 0.29) is 0 Å². The zero-order valence-electron chi connectivity index (χ0n) is 12.1. The average Bonchev–Trinajstić information content (AvgIpc) is 2.82. The summed E-state index contributed by atoms with van der Waals surface area (Å²) in [7, 11) is 0. The zero-order valence-corrected chi connectivity index (χ0v) is 14.5. The fraction of sp³-hybridized carbons (Fsp3) is 0.750. The Morgan fingerprint density at radius 2 is 2.16 bits per heavy atom. The van der Waals surface area contributed by atoms with Crippen LogP contribution in [0.5, 0.6) is 0 Å². The number of nitrogens with one attached hydrogen (secondary N) is 1. The van der Waals surface area contributed by atoms with Crippen LogP contribution in [0.15, 0.2) is 15.9 Å². The highest BCUT2D eigenvalue weighted by Gasteiger charge is 2.29. The van der Waals surface area contributed by atoms with E-state index in [1.807, 2.05) is 11.3 Å². The van der Waals surface area contributed by atoms with Gasteiger partial charge >= 0.3 is 0 Å².